The Morgan fingerprint density at radius 3 is 1.65 bits per heavy atom. The summed E-state index contributed by atoms with van der Waals surface area (Å²) in [6.07, 6.45) is 0. The van der Waals surface area contributed by atoms with E-state index in [9.17, 15) is 26.3 Å². The highest BCUT2D eigenvalue weighted by molar-refractivity contribution is 6.32. The summed E-state index contributed by atoms with van der Waals surface area (Å²) in [6, 6.07) is 2.86. The van der Waals surface area contributed by atoms with E-state index in [4.69, 9.17) is 7.85 Å². The van der Waals surface area contributed by atoms with E-state index >= 15 is 0 Å². The standard InChI is InChI=1S/C9H4BClF6/c10-6-3-1-5(2-4-6)7(12,13)8(14,15)9(11,16)17/h1-4H. The minimum Gasteiger partial charge on any atom is -0.194 e. The van der Waals surface area contributed by atoms with E-state index in [2.05, 4.69) is 11.6 Å². The van der Waals surface area contributed by atoms with Crippen molar-refractivity contribution in [3.05, 3.63) is 29.8 Å². The number of rotatable bonds is 3. The zero-order valence-corrected chi connectivity index (χ0v) is 8.79. The van der Waals surface area contributed by atoms with E-state index in [0.717, 1.165) is 12.1 Å². The Morgan fingerprint density at radius 2 is 1.29 bits per heavy atom. The predicted octanol–water partition coefficient (Wildman–Crippen LogP) is 3.04. The molecule has 0 spiro atoms. The molecule has 1 rings (SSSR count). The van der Waals surface area contributed by atoms with Gasteiger partial charge in [0.25, 0.3) is 0 Å². The lowest BCUT2D eigenvalue weighted by Gasteiger charge is -2.29. The molecule has 0 amide bonds. The minimum absolute atomic E-state index is 0.0329. The molecule has 0 N–H and O–H groups in total. The topological polar surface area (TPSA) is 0 Å². The maximum Gasteiger partial charge on any atom is 0.390 e. The lowest BCUT2D eigenvalue weighted by atomic mass is 9.93. The average Bonchev–Trinajstić information content (AvgIpc) is 2.16. The van der Waals surface area contributed by atoms with Crippen LogP contribution in [-0.2, 0) is 5.92 Å². The second-order valence-electron chi connectivity index (χ2n) is 3.27. The van der Waals surface area contributed by atoms with Gasteiger partial charge in [-0.1, -0.05) is 29.7 Å². The fraction of sp³-hybridized carbons (Fsp3) is 0.333. The Balaban J connectivity index is 3.23. The molecule has 0 aliphatic rings. The molecule has 17 heavy (non-hydrogen) atoms. The Morgan fingerprint density at radius 1 is 0.882 bits per heavy atom. The zero-order chi connectivity index (χ0) is 13.5. The highest BCUT2D eigenvalue weighted by Crippen LogP contribution is 2.52. The molecule has 0 atom stereocenters. The largest absolute Gasteiger partial charge is 0.390 e. The molecule has 8 heteroatoms. The van der Waals surface area contributed by atoms with Crippen LogP contribution in [0.1, 0.15) is 5.56 Å². The van der Waals surface area contributed by atoms with Crippen molar-refractivity contribution in [1.82, 2.24) is 0 Å². The van der Waals surface area contributed by atoms with E-state index in [1.165, 1.54) is 0 Å². The predicted molar refractivity (Wildman–Crippen MR) is 51.5 cm³/mol. The average molecular weight is 272 g/mol. The van der Waals surface area contributed by atoms with Crippen molar-refractivity contribution in [2.24, 2.45) is 0 Å². The first-order valence-electron chi connectivity index (χ1n) is 4.18. The third kappa shape index (κ3) is 2.39. The van der Waals surface area contributed by atoms with Crippen molar-refractivity contribution in [3.63, 3.8) is 0 Å². The van der Waals surface area contributed by atoms with Gasteiger partial charge in [-0.25, -0.2) is 0 Å². The molecular formula is C9H4BClF6. The summed E-state index contributed by atoms with van der Waals surface area (Å²) >= 11 is 4.00. The fourth-order valence-electron chi connectivity index (χ4n) is 1.05. The van der Waals surface area contributed by atoms with E-state index < -0.39 is 22.8 Å². The smallest absolute Gasteiger partial charge is 0.194 e. The summed E-state index contributed by atoms with van der Waals surface area (Å²) in [5.74, 6) is -10.8. The van der Waals surface area contributed by atoms with Crippen LogP contribution in [0.5, 0.6) is 0 Å². The minimum atomic E-state index is -5.71. The molecule has 2 radical (unpaired) electrons. The van der Waals surface area contributed by atoms with Gasteiger partial charge < -0.3 is 0 Å². The molecule has 0 aliphatic heterocycles. The third-order valence-electron chi connectivity index (χ3n) is 2.02. The summed E-state index contributed by atoms with van der Waals surface area (Å²) < 4.78 is 76.6. The third-order valence-corrected chi connectivity index (χ3v) is 2.26. The van der Waals surface area contributed by atoms with Crippen LogP contribution in [0.15, 0.2) is 24.3 Å². The van der Waals surface area contributed by atoms with Gasteiger partial charge in [0.2, 0.25) is 0 Å². The monoisotopic (exact) mass is 272 g/mol. The second kappa shape index (κ2) is 4.12. The van der Waals surface area contributed by atoms with Crippen LogP contribution >= 0.6 is 11.6 Å². The Hall–Kier alpha value is -0.845. The molecule has 0 heterocycles. The molecule has 92 valence electrons. The van der Waals surface area contributed by atoms with Crippen LogP contribution in [0, 0.1) is 0 Å². The van der Waals surface area contributed by atoms with Crippen LogP contribution in [-0.4, -0.2) is 19.2 Å². The molecule has 1 aromatic carbocycles. The molecule has 0 fully saturated rings. The molecule has 0 aliphatic carbocycles. The first kappa shape index (κ1) is 14.2. The maximum atomic E-state index is 13.2. The molecule has 0 unspecified atom stereocenters. The SMILES string of the molecule is [B]c1ccc(C(F)(F)C(F)(F)C(F)(F)Cl)cc1. The molecule has 0 saturated heterocycles. The first-order valence-corrected chi connectivity index (χ1v) is 4.56. The van der Waals surface area contributed by atoms with Crippen LogP contribution in [0.2, 0.25) is 0 Å². The highest BCUT2D eigenvalue weighted by Gasteiger charge is 2.71. The number of hydrogen-bond donors (Lipinski definition) is 0. The summed E-state index contributed by atoms with van der Waals surface area (Å²) in [4.78, 5) is 0. The lowest BCUT2D eigenvalue weighted by molar-refractivity contribution is -0.286. The van der Waals surface area contributed by atoms with E-state index in [1.807, 2.05) is 0 Å². The van der Waals surface area contributed by atoms with Gasteiger partial charge in [0.15, 0.2) is 0 Å². The zero-order valence-electron chi connectivity index (χ0n) is 8.03. The van der Waals surface area contributed by atoms with Crippen LogP contribution < -0.4 is 5.46 Å². The van der Waals surface area contributed by atoms with Crippen molar-refractivity contribution < 1.29 is 26.3 Å². The summed E-state index contributed by atoms with van der Waals surface area (Å²) in [6.45, 7) is 0. The number of hydrogen-bond acceptors (Lipinski definition) is 0. The van der Waals surface area contributed by atoms with Gasteiger partial charge in [-0.15, -0.1) is 0 Å². The fourth-order valence-corrected chi connectivity index (χ4v) is 1.17. The highest BCUT2D eigenvalue weighted by atomic mass is 35.5. The lowest BCUT2D eigenvalue weighted by Crippen LogP contribution is -2.49. The first-order chi connectivity index (χ1) is 7.50. The van der Waals surface area contributed by atoms with Gasteiger partial charge in [-0.3, -0.25) is 0 Å². The van der Waals surface area contributed by atoms with Crippen molar-refractivity contribution >= 4 is 24.9 Å². The van der Waals surface area contributed by atoms with Crippen molar-refractivity contribution in [2.45, 2.75) is 17.2 Å². The summed E-state index contributed by atoms with van der Waals surface area (Å²) in [7, 11) is 5.16. The van der Waals surface area contributed by atoms with Gasteiger partial charge in [-0.2, -0.15) is 26.3 Å². The van der Waals surface area contributed by atoms with Crippen LogP contribution in [0.3, 0.4) is 0 Å². The van der Waals surface area contributed by atoms with Gasteiger partial charge >= 0.3 is 17.2 Å². The van der Waals surface area contributed by atoms with E-state index in [-0.39, 0.29) is 5.46 Å². The second-order valence-corrected chi connectivity index (χ2v) is 3.74. The Kier molecular flexibility index (Phi) is 3.44. The van der Waals surface area contributed by atoms with Crippen LogP contribution in [0.25, 0.3) is 0 Å². The normalized spacial score (nSPS) is 13.8. The van der Waals surface area contributed by atoms with Gasteiger partial charge in [0.05, 0.1) is 0 Å². The number of benzene rings is 1. The Labute approximate surface area is 99.0 Å². The Bertz CT molecular complexity index is 397. The molecule has 0 nitrogen and oxygen atoms in total. The van der Waals surface area contributed by atoms with Crippen molar-refractivity contribution in [3.8, 4) is 0 Å². The van der Waals surface area contributed by atoms with E-state index in [1.54, 1.807) is 0 Å². The van der Waals surface area contributed by atoms with Crippen molar-refractivity contribution in [1.29, 1.82) is 0 Å². The summed E-state index contributed by atoms with van der Waals surface area (Å²) in [5, 5.41) is -5.36. The molecule has 1 aromatic rings. The quantitative estimate of drug-likeness (QED) is 0.451. The molecule has 0 aromatic heterocycles. The van der Waals surface area contributed by atoms with Gasteiger partial charge in [0, 0.05) is 5.56 Å². The molecular weight excluding hydrogens is 268 g/mol. The van der Waals surface area contributed by atoms with Crippen molar-refractivity contribution in [2.75, 3.05) is 0 Å². The molecule has 0 saturated carbocycles. The maximum absolute atomic E-state index is 13.2. The number of alkyl halides is 7. The van der Waals surface area contributed by atoms with Gasteiger partial charge in [-0.05, 0) is 11.6 Å². The number of halogens is 7. The molecule has 0 bridgehead atoms. The van der Waals surface area contributed by atoms with Gasteiger partial charge in [0.1, 0.15) is 7.85 Å². The van der Waals surface area contributed by atoms with E-state index in [0.29, 0.717) is 12.1 Å². The summed E-state index contributed by atoms with van der Waals surface area (Å²) in [5.41, 5.74) is -1.26. The van der Waals surface area contributed by atoms with Crippen LogP contribution in [0.4, 0.5) is 26.3 Å².